The minimum Gasteiger partial charge on any atom is -0.330 e. The Morgan fingerprint density at radius 3 is 2.93 bits per heavy atom. The average molecular weight is 208 g/mol. The van der Waals surface area contributed by atoms with E-state index in [1.54, 1.807) is 0 Å². The molecule has 1 aliphatic rings. The van der Waals surface area contributed by atoms with Crippen LogP contribution in [0.2, 0.25) is 0 Å². The third-order valence-electron chi connectivity index (χ3n) is 3.38. The first-order valence-electron chi connectivity index (χ1n) is 5.61. The highest BCUT2D eigenvalue weighted by Gasteiger charge is 2.30. The van der Waals surface area contributed by atoms with Crippen LogP contribution in [0.4, 0.5) is 0 Å². The van der Waals surface area contributed by atoms with Crippen LogP contribution in [0, 0.1) is 5.92 Å². The summed E-state index contributed by atoms with van der Waals surface area (Å²) < 4.78 is 1.87. The number of nitrogens with two attached hydrogens (primary N) is 1. The summed E-state index contributed by atoms with van der Waals surface area (Å²) >= 11 is 0. The van der Waals surface area contributed by atoms with Gasteiger partial charge in [-0.15, -0.1) is 0 Å². The second kappa shape index (κ2) is 4.33. The molecule has 0 radical (unpaired) electrons. The number of aryl methyl sites for hydroxylation is 1. The Labute approximate surface area is 91.1 Å². The first-order chi connectivity index (χ1) is 7.22. The molecule has 84 valence electrons. The summed E-state index contributed by atoms with van der Waals surface area (Å²) in [5.41, 5.74) is 7.15. The van der Waals surface area contributed by atoms with Crippen LogP contribution < -0.4 is 5.73 Å². The normalized spacial score (nSPS) is 28.2. The maximum atomic E-state index is 5.85. The first-order valence-corrected chi connectivity index (χ1v) is 5.61. The Bertz CT molecular complexity index is 320. The van der Waals surface area contributed by atoms with Gasteiger partial charge in [0.15, 0.2) is 0 Å². The monoisotopic (exact) mass is 208 g/mol. The molecule has 0 aromatic carbocycles. The van der Waals surface area contributed by atoms with Crippen LogP contribution in [0.25, 0.3) is 0 Å². The van der Waals surface area contributed by atoms with Crippen LogP contribution in [-0.4, -0.2) is 34.8 Å². The lowest BCUT2D eigenvalue weighted by molar-refractivity contribution is 0.125. The van der Waals surface area contributed by atoms with E-state index in [9.17, 15) is 0 Å². The fourth-order valence-electron chi connectivity index (χ4n) is 2.63. The Morgan fingerprint density at radius 2 is 2.33 bits per heavy atom. The molecule has 0 saturated carbocycles. The molecule has 0 amide bonds. The predicted octanol–water partition coefficient (Wildman–Crippen LogP) is 0.762. The summed E-state index contributed by atoms with van der Waals surface area (Å²) in [5, 5.41) is 4.24. The van der Waals surface area contributed by atoms with E-state index >= 15 is 0 Å². The highest BCUT2D eigenvalue weighted by Crippen LogP contribution is 2.33. The molecule has 1 aromatic rings. The number of hydrogen-bond donors (Lipinski definition) is 1. The number of hydrogen-bond acceptors (Lipinski definition) is 3. The van der Waals surface area contributed by atoms with Crippen LogP contribution in [0.15, 0.2) is 12.4 Å². The molecular weight excluding hydrogens is 188 g/mol. The maximum absolute atomic E-state index is 5.85. The number of rotatable bonds is 2. The van der Waals surface area contributed by atoms with Crippen molar-refractivity contribution < 1.29 is 0 Å². The smallest absolute Gasteiger partial charge is 0.0537 e. The van der Waals surface area contributed by atoms with E-state index in [2.05, 4.69) is 23.2 Å². The SMILES string of the molecule is CN1CCC[C@H](CN)[C@@H]1c1cnn(C)c1. The molecule has 0 spiro atoms. The standard InChI is InChI=1S/C11H20N4/c1-14-5-3-4-9(6-12)11(14)10-7-13-15(2)8-10/h7-9,11H,3-6,12H2,1-2H3/t9-,11-/m1/s1. The molecule has 0 bridgehead atoms. The average Bonchev–Trinajstić information content (AvgIpc) is 2.64. The third kappa shape index (κ3) is 2.06. The number of nitrogens with zero attached hydrogens (tertiary/aromatic N) is 3. The highest BCUT2D eigenvalue weighted by molar-refractivity contribution is 5.13. The molecule has 4 heteroatoms. The molecule has 15 heavy (non-hydrogen) atoms. The van der Waals surface area contributed by atoms with Crippen LogP contribution in [0.1, 0.15) is 24.4 Å². The van der Waals surface area contributed by atoms with E-state index in [0.29, 0.717) is 12.0 Å². The van der Waals surface area contributed by atoms with Crippen molar-refractivity contribution >= 4 is 0 Å². The first kappa shape index (κ1) is 10.6. The van der Waals surface area contributed by atoms with Crippen molar-refractivity contribution in [3.63, 3.8) is 0 Å². The summed E-state index contributed by atoms with van der Waals surface area (Å²) in [6.07, 6.45) is 6.57. The summed E-state index contributed by atoms with van der Waals surface area (Å²) in [5.74, 6) is 0.577. The van der Waals surface area contributed by atoms with E-state index in [-0.39, 0.29) is 0 Å². The molecule has 0 unspecified atom stereocenters. The van der Waals surface area contributed by atoms with Crippen LogP contribution in [0.3, 0.4) is 0 Å². The molecule has 0 aliphatic carbocycles. The molecule has 1 aliphatic heterocycles. The quantitative estimate of drug-likeness (QED) is 0.780. The third-order valence-corrected chi connectivity index (χ3v) is 3.38. The Balaban J connectivity index is 2.22. The number of aromatic nitrogens is 2. The van der Waals surface area contributed by atoms with Gasteiger partial charge < -0.3 is 5.73 Å². The molecule has 2 heterocycles. The number of likely N-dealkylation sites (tertiary alicyclic amines) is 1. The van der Waals surface area contributed by atoms with Gasteiger partial charge in [0.2, 0.25) is 0 Å². The fourth-order valence-corrected chi connectivity index (χ4v) is 2.63. The molecule has 1 saturated heterocycles. The van der Waals surface area contributed by atoms with Crippen LogP contribution >= 0.6 is 0 Å². The molecule has 1 fully saturated rings. The van der Waals surface area contributed by atoms with Crippen molar-refractivity contribution in [2.24, 2.45) is 18.7 Å². The van der Waals surface area contributed by atoms with Crippen molar-refractivity contribution in [1.82, 2.24) is 14.7 Å². The topological polar surface area (TPSA) is 47.1 Å². The molecule has 4 nitrogen and oxygen atoms in total. The lowest BCUT2D eigenvalue weighted by Gasteiger charge is -2.38. The van der Waals surface area contributed by atoms with Crippen LogP contribution in [0.5, 0.6) is 0 Å². The Morgan fingerprint density at radius 1 is 1.53 bits per heavy atom. The lowest BCUT2D eigenvalue weighted by Crippen LogP contribution is -2.39. The van der Waals surface area contributed by atoms with Gasteiger partial charge in [0.1, 0.15) is 0 Å². The molecule has 2 N–H and O–H groups in total. The second-order valence-electron chi connectivity index (χ2n) is 4.51. The van der Waals surface area contributed by atoms with E-state index in [4.69, 9.17) is 5.73 Å². The highest BCUT2D eigenvalue weighted by atomic mass is 15.2. The van der Waals surface area contributed by atoms with Crippen molar-refractivity contribution in [2.45, 2.75) is 18.9 Å². The van der Waals surface area contributed by atoms with Crippen molar-refractivity contribution in [3.8, 4) is 0 Å². The summed E-state index contributed by atoms with van der Waals surface area (Å²) in [7, 11) is 4.14. The van der Waals surface area contributed by atoms with Crippen molar-refractivity contribution in [3.05, 3.63) is 18.0 Å². The summed E-state index contributed by atoms with van der Waals surface area (Å²) in [6.45, 7) is 1.93. The molecule has 1 aromatic heterocycles. The van der Waals surface area contributed by atoms with Gasteiger partial charge in [-0.3, -0.25) is 9.58 Å². The van der Waals surface area contributed by atoms with Gasteiger partial charge >= 0.3 is 0 Å². The molecule has 2 atom stereocenters. The largest absolute Gasteiger partial charge is 0.330 e. The zero-order valence-corrected chi connectivity index (χ0v) is 9.56. The van der Waals surface area contributed by atoms with Crippen molar-refractivity contribution in [1.29, 1.82) is 0 Å². The van der Waals surface area contributed by atoms with Gasteiger partial charge in [0.05, 0.1) is 6.20 Å². The Kier molecular flexibility index (Phi) is 3.07. The maximum Gasteiger partial charge on any atom is 0.0537 e. The van der Waals surface area contributed by atoms with Gasteiger partial charge in [-0.2, -0.15) is 5.10 Å². The van der Waals surface area contributed by atoms with E-state index < -0.39 is 0 Å². The summed E-state index contributed by atoms with van der Waals surface area (Å²) in [6, 6.07) is 0.456. The molecule has 2 rings (SSSR count). The van der Waals surface area contributed by atoms with E-state index in [1.165, 1.54) is 18.4 Å². The zero-order chi connectivity index (χ0) is 10.8. The van der Waals surface area contributed by atoms with E-state index in [0.717, 1.165) is 13.1 Å². The minimum atomic E-state index is 0.456. The Hall–Kier alpha value is -0.870. The van der Waals surface area contributed by atoms with Gasteiger partial charge in [-0.05, 0) is 38.9 Å². The fraction of sp³-hybridized carbons (Fsp3) is 0.727. The minimum absolute atomic E-state index is 0.456. The lowest BCUT2D eigenvalue weighted by atomic mass is 9.86. The van der Waals surface area contributed by atoms with Crippen LogP contribution in [-0.2, 0) is 7.05 Å². The predicted molar refractivity (Wildman–Crippen MR) is 60.4 cm³/mol. The van der Waals surface area contributed by atoms with Gasteiger partial charge in [-0.1, -0.05) is 0 Å². The zero-order valence-electron chi connectivity index (χ0n) is 9.56. The van der Waals surface area contributed by atoms with Gasteiger partial charge in [-0.25, -0.2) is 0 Å². The van der Waals surface area contributed by atoms with Gasteiger partial charge in [0, 0.05) is 24.8 Å². The summed E-state index contributed by atoms with van der Waals surface area (Å²) in [4.78, 5) is 2.40. The second-order valence-corrected chi connectivity index (χ2v) is 4.51. The van der Waals surface area contributed by atoms with Gasteiger partial charge in [0.25, 0.3) is 0 Å². The van der Waals surface area contributed by atoms with Crippen molar-refractivity contribution in [2.75, 3.05) is 20.1 Å². The number of piperidine rings is 1. The van der Waals surface area contributed by atoms with E-state index in [1.807, 2.05) is 17.9 Å². The molecular formula is C11H20N4.